The second-order valence-electron chi connectivity index (χ2n) is 0.169. The molecule has 0 radical (unpaired) electrons. The Morgan fingerprint density at radius 3 is 1.43 bits per heavy atom. The molecule has 7 heavy (non-hydrogen) atoms. The van der Waals surface area contributed by atoms with E-state index in [1.165, 1.54) is 0 Å². The first-order valence-electron chi connectivity index (χ1n) is 0.577. The molecule has 0 aromatic carbocycles. The Kier molecular flexibility index (Phi) is 35.7. The van der Waals surface area contributed by atoms with Gasteiger partial charge in [0.05, 0.1) is 0 Å². The first kappa shape index (κ1) is 16.0. The van der Waals surface area contributed by atoms with Gasteiger partial charge in [0.1, 0.15) is 0 Å². The molecule has 0 saturated carbocycles. The summed E-state index contributed by atoms with van der Waals surface area (Å²) in [6.45, 7) is 0. The number of hydrogen-bond acceptors (Lipinski definition) is 3. The standard InChI is InChI=1S/ClH.2Fe.Na.3O/h1H;;;;;;/q;;;+1;;;/p-1. The minimum atomic E-state index is -0.719. The van der Waals surface area contributed by atoms with Crippen molar-refractivity contribution in [2.24, 2.45) is 0 Å². The molecule has 0 heterocycles. The van der Waals surface area contributed by atoms with E-state index >= 15 is 0 Å². The van der Waals surface area contributed by atoms with Crippen LogP contribution in [0.5, 0.6) is 0 Å². The van der Waals surface area contributed by atoms with Gasteiger partial charge >= 0.3 is 70.6 Å². The van der Waals surface area contributed by atoms with Crippen molar-refractivity contribution in [3.63, 3.8) is 0 Å². The van der Waals surface area contributed by atoms with Crippen molar-refractivity contribution in [1.29, 1.82) is 0 Å². The van der Waals surface area contributed by atoms with Gasteiger partial charge in [0, 0.05) is 0 Å². The predicted octanol–water partition coefficient (Wildman–Crippen LogP) is -6.30. The maximum atomic E-state index is 9.11. The van der Waals surface area contributed by atoms with Gasteiger partial charge < -0.3 is 12.4 Å². The van der Waals surface area contributed by atoms with Gasteiger partial charge in [-0.05, 0) is 0 Å². The molecule has 0 atom stereocenters. The Bertz CT molecular complexity index is 42.2. The first-order chi connectivity index (χ1) is 2.41. The van der Waals surface area contributed by atoms with Crippen LogP contribution in [0.1, 0.15) is 0 Å². The molecule has 0 unspecified atom stereocenters. The van der Waals surface area contributed by atoms with Crippen molar-refractivity contribution < 1.29 is 83.0 Å². The van der Waals surface area contributed by atoms with Crippen molar-refractivity contribution in [2.75, 3.05) is 0 Å². The van der Waals surface area contributed by atoms with E-state index in [0.29, 0.717) is 0 Å². The molecule has 0 rings (SSSR count). The van der Waals surface area contributed by atoms with E-state index in [-0.39, 0.29) is 42.0 Å². The zero-order valence-corrected chi connectivity index (χ0v) is 8.27. The zero-order valence-electron chi connectivity index (χ0n) is 3.31. The fourth-order valence-electron chi connectivity index (χ4n) is 0.00851. The molecule has 0 fully saturated rings. The van der Waals surface area contributed by atoms with Crippen molar-refractivity contribution in [3.8, 4) is 0 Å². The van der Waals surface area contributed by atoms with Crippen LogP contribution < -0.4 is 42.0 Å². The predicted molar refractivity (Wildman–Crippen MR) is 2.46 cm³/mol. The van der Waals surface area contributed by atoms with Crippen LogP contribution in [0.25, 0.3) is 0 Å². The summed E-state index contributed by atoms with van der Waals surface area (Å²) in [5.41, 5.74) is 0. The maximum absolute atomic E-state index is 9.11. The topological polar surface area (TPSA) is 43.4 Å². The fraction of sp³-hybridized carbons (Fsp3) is 0. The average molecular weight is 218 g/mol. The van der Waals surface area contributed by atoms with Crippen LogP contribution in [0.4, 0.5) is 0 Å². The molecule has 0 aliphatic rings. The molecule has 0 aromatic rings. The van der Waals surface area contributed by atoms with E-state index in [4.69, 9.17) is 7.67 Å². The van der Waals surface area contributed by atoms with E-state index in [1.807, 2.05) is 0 Å². The monoisotopic (exact) mass is 218 g/mol. The van der Waals surface area contributed by atoms with Crippen LogP contribution in [0.3, 0.4) is 0 Å². The van der Waals surface area contributed by atoms with Crippen molar-refractivity contribution in [1.82, 2.24) is 0 Å². The summed E-state index contributed by atoms with van der Waals surface area (Å²) >= 11 is -1.44. The minimum absolute atomic E-state index is 0. The van der Waals surface area contributed by atoms with E-state index in [1.54, 1.807) is 0 Å². The van der Waals surface area contributed by atoms with E-state index < -0.39 is 30.4 Å². The molecule has 0 bridgehead atoms. The molecular weight excluding hydrogens is 218 g/mol. The molecule has 3 nitrogen and oxygen atoms in total. The van der Waals surface area contributed by atoms with Gasteiger partial charge in [-0.1, -0.05) is 0 Å². The van der Waals surface area contributed by atoms with Gasteiger partial charge in [-0.2, -0.15) is 0 Å². The second kappa shape index (κ2) is 15.7. The summed E-state index contributed by atoms with van der Waals surface area (Å²) in [5.74, 6) is 0. The molecule has 0 aromatic heterocycles. The van der Waals surface area contributed by atoms with E-state index in [2.05, 4.69) is 2.90 Å². The number of hydrogen-bond donors (Lipinski definition) is 0. The normalized spacial score (nSPS) is 5.71. The fourth-order valence-corrected chi connectivity index (χ4v) is 0.145. The molecule has 0 aliphatic heterocycles. The molecule has 0 saturated heterocycles. The third-order valence-corrected chi connectivity index (χ3v) is 0.708. The van der Waals surface area contributed by atoms with E-state index in [9.17, 15) is 0 Å². The summed E-state index contributed by atoms with van der Waals surface area (Å²) in [5, 5.41) is 0. The van der Waals surface area contributed by atoms with Gasteiger partial charge in [-0.3, -0.25) is 0 Å². The van der Waals surface area contributed by atoms with Crippen LogP contribution in [0, 0.1) is 0 Å². The quantitative estimate of drug-likeness (QED) is 0.433. The Labute approximate surface area is 82.0 Å². The summed E-state index contributed by atoms with van der Waals surface area (Å²) < 4.78 is 21.9. The summed E-state index contributed by atoms with van der Waals surface area (Å²) in [6, 6.07) is 0. The van der Waals surface area contributed by atoms with Gasteiger partial charge in [0.2, 0.25) is 0 Å². The Morgan fingerprint density at radius 2 is 1.43 bits per heavy atom. The molecule has 0 aliphatic carbocycles. The molecule has 0 amide bonds. The van der Waals surface area contributed by atoms with Crippen LogP contribution in [-0.2, 0) is 41.0 Å². The zero-order chi connectivity index (χ0) is 4.12. The number of halogens is 1. The second-order valence-corrected chi connectivity index (χ2v) is 1.35. The van der Waals surface area contributed by atoms with Crippen LogP contribution in [0.2, 0.25) is 0 Å². The van der Waals surface area contributed by atoms with Gasteiger partial charge in [-0.15, -0.1) is 0 Å². The summed E-state index contributed by atoms with van der Waals surface area (Å²) in [7, 11) is 0. The Morgan fingerprint density at radius 1 is 1.14 bits per heavy atom. The van der Waals surface area contributed by atoms with Crippen LogP contribution in [-0.4, -0.2) is 0 Å². The molecule has 0 spiro atoms. The Balaban J connectivity index is -0.0000000800. The van der Waals surface area contributed by atoms with Crippen LogP contribution in [0.15, 0.2) is 0 Å². The average Bonchev–Trinajstić information content (AvgIpc) is 1.41. The van der Waals surface area contributed by atoms with Crippen molar-refractivity contribution in [3.05, 3.63) is 0 Å². The third-order valence-electron chi connectivity index (χ3n) is 0.0417. The van der Waals surface area contributed by atoms with Crippen molar-refractivity contribution in [2.45, 2.75) is 0 Å². The van der Waals surface area contributed by atoms with Gasteiger partial charge in [0.15, 0.2) is 0 Å². The number of rotatable bonds is 2. The van der Waals surface area contributed by atoms with Crippen molar-refractivity contribution >= 4 is 0 Å². The van der Waals surface area contributed by atoms with Gasteiger partial charge in [-0.25, -0.2) is 0 Å². The third kappa shape index (κ3) is 18.1. The van der Waals surface area contributed by atoms with Gasteiger partial charge in [0.25, 0.3) is 0 Å². The molecule has 7 heteroatoms. The molecule has 42 valence electrons. The Hall–Kier alpha value is 1.89. The molecule has 0 N–H and O–H groups in total. The molecular formula is ClFe2NaO3. The van der Waals surface area contributed by atoms with Crippen LogP contribution >= 0.6 is 0 Å². The SMILES string of the molecule is [Cl-].[Na+].[O]=[Fe][O][Fe]=[O]. The van der Waals surface area contributed by atoms with E-state index in [0.717, 1.165) is 0 Å². The summed E-state index contributed by atoms with van der Waals surface area (Å²) in [6.07, 6.45) is 0. The summed E-state index contributed by atoms with van der Waals surface area (Å²) in [4.78, 5) is 0. The first-order valence-corrected chi connectivity index (χ1v) is 2.38.